The van der Waals surface area contributed by atoms with E-state index in [4.69, 9.17) is 0 Å². The number of hydrogen-bond donors (Lipinski definition) is 1. The van der Waals surface area contributed by atoms with Crippen LogP contribution in [0.5, 0.6) is 0 Å². The molecule has 2 atom stereocenters. The highest BCUT2D eigenvalue weighted by atomic mass is 15.1. The van der Waals surface area contributed by atoms with Crippen LogP contribution in [-0.4, -0.2) is 22.6 Å². The zero-order chi connectivity index (χ0) is 12.1. The molecule has 3 heteroatoms. The molecule has 0 bridgehead atoms. The second kappa shape index (κ2) is 6.20. The molecule has 0 spiro atoms. The minimum Gasteiger partial charge on any atom is -0.335 e. The maximum absolute atomic E-state index is 4.53. The van der Waals surface area contributed by atoms with Gasteiger partial charge in [-0.2, -0.15) is 0 Å². The zero-order valence-electron chi connectivity index (χ0n) is 11.2. The number of rotatable bonds is 5. The summed E-state index contributed by atoms with van der Waals surface area (Å²) in [6.45, 7) is 3.33. The molecule has 3 nitrogen and oxygen atoms in total. The fourth-order valence-corrected chi connectivity index (χ4v) is 3.04. The molecule has 1 aliphatic rings. The van der Waals surface area contributed by atoms with E-state index >= 15 is 0 Å². The molecule has 1 aromatic rings. The summed E-state index contributed by atoms with van der Waals surface area (Å²) in [5.41, 5.74) is 0. The van der Waals surface area contributed by atoms with Gasteiger partial charge in [0, 0.05) is 31.4 Å². The van der Waals surface area contributed by atoms with Crippen molar-refractivity contribution in [1.82, 2.24) is 14.9 Å². The molecule has 17 heavy (non-hydrogen) atoms. The highest BCUT2D eigenvalue weighted by molar-refractivity contribution is 4.96. The lowest BCUT2D eigenvalue weighted by atomic mass is 9.82. The van der Waals surface area contributed by atoms with Crippen LogP contribution >= 0.6 is 0 Å². The molecule has 1 N–H and O–H groups in total. The first kappa shape index (κ1) is 12.6. The Morgan fingerprint density at radius 1 is 1.41 bits per heavy atom. The molecule has 1 aromatic heterocycles. The molecular weight excluding hydrogens is 210 g/mol. The summed E-state index contributed by atoms with van der Waals surface area (Å²) in [5, 5.41) is 3.48. The first-order valence-electron chi connectivity index (χ1n) is 7.02. The Morgan fingerprint density at radius 2 is 2.24 bits per heavy atom. The van der Waals surface area contributed by atoms with Gasteiger partial charge in [0.25, 0.3) is 0 Å². The number of nitrogens with one attached hydrogen (secondary N) is 1. The van der Waals surface area contributed by atoms with Crippen molar-refractivity contribution in [3.8, 4) is 0 Å². The molecule has 2 unspecified atom stereocenters. The molecule has 1 fully saturated rings. The topological polar surface area (TPSA) is 29.9 Å². The maximum Gasteiger partial charge on any atom is 0.108 e. The molecule has 1 saturated carbocycles. The molecule has 1 heterocycles. The van der Waals surface area contributed by atoms with Gasteiger partial charge in [0.2, 0.25) is 0 Å². The summed E-state index contributed by atoms with van der Waals surface area (Å²) in [6, 6.07) is 0.690. The summed E-state index contributed by atoms with van der Waals surface area (Å²) in [6.07, 6.45) is 11.8. The van der Waals surface area contributed by atoms with E-state index in [1.807, 2.05) is 6.20 Å². The number of aryl methyl sites for hydroxylation is 1. The number of nitrogens with zero attached hydrogens (tertiary/aromatic N) is 2. The van der Waals surface area contributed by atoms with E-state index < -0.39 is 0 Å². The van der Waals surface area contributed by atoms with Gasteiger partial charge in [-0.05, 0) is 32.2 Å². The van der Waals surface area contributed by atoms with Crippen LogP contribution in [0.15, 0.2) is 12.4 Å². The Morgan fingerprint density at radius 3 is 3.00 bits per heavy atom. The van der Waals surface area contributed by atoms with Crippen LogP contribution in [0.2, 0.25) is 0 Å². The van der Waals surface area contributed by atoms with E-state index in [1.54, 1.807) is 0 Å². The molecule has 0 aromatic carbocycles. The lowest BCUT2D eigenvalue weighted by Crippen LogP contribution is -2.37. The molecule has 0 saturated heterocycles. The monoisotopic (exact) mass is 235 g/mol. The first-order valence-corrected chi connectivity index (χ1v) is 7.02. The standard InChI is InChI=1S/C14H25N3/c1-3-9-17-10-8-16-14(17)11-12-6-4-5-7-13(12)15-2/h8,10,12-13,15H,3-7,9,11H2,1-2H3. The summed E-state index contributed by atoms with van der Waals surface area (Å²) in [4.78, 5) is 4.53. The lowest BCUT2D eigenvalue weighted by Gasteiger charge is -2.31. The molecule has 0 amide bonds. The molecule has 0 aliphatic heterocycles. The Balaban J connectivity index is 2.00. The second-order valence-electron chi connectivity index (χ2n) is 5.18. The van der Waals surface area contributed by atoms with Gasteiger partial charge < -0.3 is 9.88 Å². The van der Waals surface area contributed by atoms with Crippen molar-refractivity contribution in [2.75, 3.05) is 7.05 Å². The Labute approximate surface area is 105 Å². The van der Waals surface area contributed by atoms with Crippen molar-refractivity contribution < 1.29 is 0 Å². The Hall–Kier alpha value is -0.830. The van der Waals surface area contributed by atoms with Gasteiger partial charge in [0.15, 0.2) is 0 Å². The normalized spacial score (nSPS) is 25.1. The van der Waals surface area contributed by atoms with Gasteiger partial charge in [0.05, 0.1) is 0 Å². The van der Waals surface area contributed by atoms with Crippen LogP contribution in [0.3, 0.4) is 0 Å². The predicted octanol–water partition coefficient (Wildman–Crippen LogP) is 2.61. The van der Waals surface area contributed by atoms with Crippen molar-refractivity contribution in [2.24, 2.45) is 5.92 Å². The van der Waals surface area contributed by atoms with Crippen LogP contribution in [0.4, 0.5) is 0 Å². The van der Waals surface area contributed by atoms with Gasteiger partial charge in [-0.15, -0.1) is 0 Å². The van der Waals surface area contributed by atoms with Gasteiger partial charge >= 0.3 is 0 Å². The summed E-state index contributed by atoms with van der Waals surface area (Å²) in [7, 11) is 2.10. The van der Waals surface area contributed by atoms with E-state index in [-0.39, 0.29) is 0 Å². The molecule has 96 valence electrons. The van der Waals surface area contributed by atoms with Crippen molar-refractivity contribution in [3.05, 3.63) is 18.2 Å². The highest BCUT2D eigenvalue weighted by Gasteiger charge is 2.25. The fraction of sp³-hybridized carbons (Fsp3) is 0.786. The van der Waals surface area contributed by atoms with Crippen molar-refractivity contribution in [1.29, 1.82) is 0 Å². The SMILES string of the molecule is CCCn1ccnc1CC1CCCCC1NC. The van der Waals surface area contributed by atoms with Crippen molar-refractivity contribution in [2.45, 2.75) is 58.0 Å². The molecule has 0 radical (unpaired) electrons. The van der Waals surface area contributed by atoms with Crippen molar-refractivity contribution in [3.63, 3.8) is 0 Å². The predicted molar refractivity (Wildman–Crippen MR) is 71.0 cm³/mol. The third-order valence-corrected chi connectivity index (χ3v) is 3.99. The minimum atomic E-state index is 0.690. The van der Waals surface area contributed by atoms with Crippen LogP contribution in [0.1, 0.15) is 44.9 Å². The quantitative estimate of drug-likeness (QED) is 0.850. The average molecular weight is 235 g/mol. The van der Waals surface area contributed by atoms with E-state index in [0.717, 1.165) is 18.9 Å². The van der Waals surface area contributed by atoms with Crippen LogP contribution in [0.25, 0.3) is 0 Å². The fourth-order valence-electron chi connectivity index (χ4n) is 3.04. The maximum atomic E-state index is 4.53. The smallest absolute Gasteiger partial charge is 0.108 e. The largest absolute Gasteiger partial charge is 0.335 e. The first-order chi connectivity index (χ1) is 8.35. The Bertz CT molecular complexity index is 332. The van der Waals surface area contributed by atoms with Crippen LogP contribution in [-0.2, 0) is 13.0 Å². The zero-order valence-corrected chi connectivity index (χ0v) is 11.2. The third kappa shape index (κ3) is 3.09. The summed E-state index contributed by atoms with van der Waals surface area (Å²) >= 11 is 0. The second-order valence-corrected chi connectivity index (χ2v) is 5.18. The van der Waals surface area contributed by atoms with Crippen LogP contribution < -0.4 is 5.32 Å². The third-order valence-electron chi connectivity index (χ3n) is 3.99. The molecular formula is C14H25N3. The van der Waals surface area contributed by atoms with Gasteiger partial charge in [-0.25, -0.2) is 4.98 Å². The van der Waals surface area contributed by atoms with Crippen LogP contribution in [0, 0.1) is 5.92 Å². The van der Waals surface area contributed by atoms with Gasteiger partial charge in [0.1, 0.15) is 5.82 Å². The minimum absolute atomic E-state index is 0.690. The lowest BCUT2D eigenvalue weighted by molar-refractivity contribution is 0.267. The number of hydrogen-bond acceptors (Lipinski definition) is 2. The molecule has 2 rings (SSSR count). The number of aromatic nitrogens is 2. The average Bonchev–Trinajstić information content (AvgIpc) is 2.78. The van der Waals surface area contributed by atoms with E-state index in [2.05, 4.69) is 35.0 Å². The molecule has 1 aliphatic carbocycles. The van der Waals surface area contributed by atoms with E-state index in [1.165, 1.54) is 37.9 Å². The summed E-state index contributed by atoms with van der Waals surface area (Å²) in [5.74, 6) is 2.05. The van der Waals surface area contributed by atoms with Gasteiger partial charge in [-0.3, -0.25) is 0 Å². The van der Waals surface area contributed by atoms with E-state index in [0.29, 0.717) is 6.04 Å². The van der Waals surface area contributed by atoms with E-state index in [9.17, 15) is 0 Å². The highest BCUT2D eigenvalue weighted by Crippen LogP contribution is 2.27. The summed E-state index contributed by atoms with van der Waals surface area (Å²) < 4.78 is 2.32. The van der Waals surface area contributed by atoms with Gasteiger partial charge in [-0.1, -0.05) is 19.8 Å². The van der Waals surface area contributed by atoms with Crippen molar-refractivity contribution >= 4 is 0 Å². The number of imidazole rings is 1. The Kier molecular flexibility index (Phi) is 4.60.